The zero-order valence-electron chi connectivity index (χ0n) is 17.9. The van der Waals surface area contributed by atoms with Gasteiger partial charge in [0.15, 0.2) is 0 Å². The van der Waals surface area contributed by atoms with Gasteiger partial charge in [-0.3, -0.25) is 4.79 Å². The lowest BCUT2D eigenvalue weighted by atomic mass is 9.65. The summed E-state index contributed by atoms with van der Waals surface area (Å²) in [5.74, 6) is 0.479. The summed E-state index contributed by atoms with van der Waals surface area (Å²) in [5.41, 5.74) is 2.80. The topological polar surface area (TPSA) is 20.3 Å². The van der Waals surface area contributed by atoms with Crippen LogP contribution in [0.4, 0.5) is 5.69 Å². The smallest absolute Gasteiger partial charge is 0.237 e. The standard InChI is InChI=1S/C26H25Cl2NOS/c1-25(2)17-26(3,18-8-10-19(27)11-9-18)22-6-4-5-7-23(22)29(25)24(30)16-31-21-14-12-20(28)13-15-21/h4-15H,16-17H2,1-3H3/t26-/m1/s1. The Kier molecular flexibility index (Phi) is 6.13. The first-order valence-corrected chi connectivity index (χ1v) is 12.0. The molecule has 0 saturated heterocycles. The number of nitrogens with zero attached hydrogens (tertiary/aromatic N) is 1. The molecule has 4 rings (SSSR count). The van der Waals surface area contributed by atoms with Crippen molar-refractivity contribution in [3.05, 3.63) is 94.0 Å². The third-order valence-corrected chi connectivity index (χ3v) is 7.54. The lowest BCUT2D eigenvalue weighted by Crippen LogP contribution is -2.56. The van der Waals surface area contributed by atoms with Crippen molar-refractivity contribution < 1.29 is 4.79 Å². The molecule has 0 unspecified atom stereocenters. The molecular weight excluding hydrogens is 445 g/mol. The molecule has 0 N–H and O–H groups in total. The Bertz CT molecular complexity index is 1100. The Morgan fingerprint density at radius 3 is 2.13 bits per heavy atom. The van der Waals surface area contributed by atoms with Crippen molar-refractivity contribution >= 4 is 46.6 Å². The Morgan fingerprint density at radius 1 is 0.903 bits per heavy atom. The van der Waals surface area contributed by atoms with Gasteiger partial charge in [-0.1, -0.05) is 60.5 Å². The van der Waals surface area contributed by atoms with Gasteiger partial charge in [0.1, 0.15) is 0 Å². The lowest BCUT2D eigenvalue weighted by molar-refractivity contribution is -0.117. The van der Waals surface area contributed by atoms with Crippen LogP contribution in [0.1, 0.15) is 38.3 Å². The van der Waals surface area contributed by atoms with Gasteiger partial charge in [0, 0.05) is 31.6 Å². The van der Waals surface area contributed by atoms with E-state index in [-0.39, 0.29) is 16.9 Å². The van der Waals surface area contributed by atoms with Crippen LogP contribution in [-0.4, -0.2) is 17.2 Å². The fourth-order valence-corrected chi connectivity index (χ4v) is 5.79. The van der Waals surface area contributed by atoms with Crippen molar-refractivity contribution in [1.82, 2.24) is 0 Å². The SMILES string of the molecule is CC1(C)C[C@](C)(c2ccc(Cl)cc2)c2ccccc2N1C(=O)CSc1ccc(Cl)cc1. The first-order chi connectivity index (χ1) is 14.7. The summed E-state index contributed by atoms with van der Waals surface area (Å²) in [6.45, 7) is 6.57. The third kappa shape index (κ3) is 4.37. The molecule has 31 heavy (non-hydrogen) atoms. The van der Waals surface area contributed by atoms with Gasteiger partial charge in [-0.15, -0.1) is 11.8 Å². The van der Waals surface area contributed by atoms with Crippen molar-refractivity contribution in [2.45, 2.75) is 43.0 Å². The van der Waals surface area contributed by atoms with Crippen molar-refractivity contribution in [3.8, 4) is 0 Å². The number of rotatable bonds is 4. The average Bonchev–Trinajstić information content (AvgIpc) is 2.73. The quantitative estimate of drug-likeness (QED) is 0.366. The molecule has 0 saturated carbocycles. The minimum Gasteiger partial charge on any atom is -0.306 e. The summed E-state index contributed by atoms with van der Waals surface area (Å²) in [6.07, 6.45) is 0.815. The molecule has 0 radical (unpaired) electrons. The fraction of sp³-hybridized carbons (Fsp3) is 0.269. The second kappa shape index (κ2) is 8.54. The van der Waals surface area contributed by atoms with Crippen molar-refractivity contribution in [2.24, 2.45) is 0 Å². The normalized spacial score (nSPS) is 19.7. The van der Waals surface area contributed by atoms with Crippen LogP contribution >= 0.6 is 35.0 Å². The number of carbonyl (C=O) groups is 1. The van der Waals surface area contributed by atoms with Crippen LogP contribution in [0.5, 0.6) is 0 Å². The number of para-hydroxylation sites is 1. The van der Waals surface area contributed by atoms with Gasteiger partial charge in [0.2, 0.25) is 5.91 Å². The molecule has 1 atom stereocenters. The summed E-state index contributed by atoms with van der Waals surface area (Å²) < 4.78 is 0. The number of anilines is 1. The maximum Gasteiger partial charge on any atom is 0.237 e. The van der Waals surface area contributed by atoms with Gasteiger partial charge >= 0.3 is 0 Å². The van der Waals surface area contributed by atoms with E-state index in [0.29, 0.717) is 10.8 Å². The first-order valence-electron chi connectivity index (χ1n) is 10.3. The maximum absolute atomic E-state index is 13.5. The van der Waals surface area contributed by atoms with Gasteiger partial charge in [-0.2, -0.15) is 0 Å². The average molecular weight is 470 g/mol. The van der Waals surface area contributed by atoms with Crippen molar-refractivity contribution in [1.29, 1.82) is 0 Å². The minimum absolute atomic E-state index is 0.107. The van der Waals surface area contributed by atoms with Gasteiger partial charge in [0.05, 0.1) is 5.75 Å². The molecule has 1 heterocycles. The molecule has 5 heteroatoms. The highest BCUT2D eigenvalue weighted by Gasteiger charge is 2.47. The maximum atomic E-state index is 13.5. The number of carbonyl (C=O) groups excluding carboxylic acids is 1. The molecular formula is C26H25Cl2NOS. The zero-order chi connectivity index (χ0) is 22.2. The summed E-state index contributed by atoms with van der Waals surface area (Å²) in [7, 11) is 0. The summed E-state index contributed by atoms with van der Waals surface area (Å²) in [4.78, 5) is 16.5. The lowest BCUT2D eigenvalue weighted by Gasteiger charge is -2.51. The van der Waals surface area contributed by atoms with Crippen LogP contribution < -0.4 is 4.90 Å². The zero-order valence-corrected chi connectivity index (χ0v) is 20.2. The van der Waals surface area contributed by atoms with E-state index in [9.17, 15) is 4.79 Å². The number of amides is 1. The second-order valence-electron chi connectivity index (χ2n) is 8.82. The summed E-state index contributed by atoms with van der Waals surface area (Å²) in [6, 6.07) is 24.0. The van der Waals surface area contributed by atoms with Crippen LogP contribution in [0.3, 0.4) is 0 Å². The van der Waals surface area contributed by atoms with E-state index >= 15 is 0 Å². The summed E-state index contributed by atoms with van der Waals surface area (Å²) in [5, 5.41) is 1.43. The largest absolute Gasteiger partial charge is 0.306 e. The Hall–Kier alpha value is -1.94. The number of fused-ring (bicyclic) bond motifs is 1. The molecule has 0 bridgehead atoms. The monoisotopic (exact) mass is 469 g/mol. The van der Waals surface area contributed by atoms with Gasteiger partial charge < -0.3 is 4.90 Å². The van der Waals surface area contributed by atoms with E-state index < -0.39 is 0 Å². The van der Waals surface area contributed by atoms with E-state index in [0.717, 1.165) is 22.0 Å². The molecule has 3 aromatic rings. The van der Waals surface area contributed by atoms with Crippen molar-refractivity contribution in [3.63, 3.8) is 0 Å². The van der Waals surface area contributed by atoms with Crippen LogP contribution in [-0.2, 0) is 10.2 Å². The molecule has 2 nitrogen and oxygen atoms in total. The molecule has 1 aliphatic rings. The Balaban J connectivity index is 1.69. The molecule has 1 aliphatic heterocycles. The summed E-state index contributed by atoms with van der Waals surface area (Å²) >= 11 is 13.7. The van der Waals surface area contributed by atoms with E-state index in [1.807, 2.05) is 47.4 Å². The Morgan fingerprint density at radius 2 is 1.48 bits per heavy atom. The Labute approximate surface area is 198 Å². The number of hydrogen-bond acceptors (Lipinski definition) is 2. The van der Waals surface area contributed by atoms with E-state index in [4.69, 9.17) is 23.2 Å². The van der Waals surface area contributed by atoms with Crippen LogP contribution in [0.25, 0.3) is 0 Å². The van der Waals surface area contributed by atoms with E-state index in [2.05, 4.69) is 51.1 Å². The van der Waals surface area contributed by atoms with Gasteiger partial charge in [-0.05, 0) is 73.9 Å². The van der Waals surface area contributed by atoms with Gasteiger partial charge in [0.25, 0.3) is 0 Å². The molecule has 0 aromatic heterocycles. The third-order valence-electron chi connectivity index (χ3n) is 6.04. The molecule has 1 amide bonds. The van der Waals surface area contributed by atoms with Crippen LogP contribution in [0.2, 0.25) is 10.0 Å². The molecule has 160 valence electrons. The van der Waals surface area contributed by atoms with Crippen LogP contribution in [0.15, 0.2) is 77.7 Å². The van der Waals surface area contributed by atoms with Crippen molar-refractivity contribution in [2.75, 3.05) is 10.7 Å². The molecule has 0 fully saturated rings. The predicted molar refractivity (Wildman–Crippen MR) is 133 cm³/mol. The highest BCUT2D eigenvalue weighted by molar-refractivity contribution is 8.00. The molecule has 0 aliphatic carbocycles. The van der Waals surface area contributed by atoms with E-state index in [1.165, 1.54) is 22.9 Å². The second-order valence-corrected chi connectivity index (χ2v) is 10.7. The minimum atomic E-state index is -0.347. The number of benzene rings is 3. The predicted octanol–water partition coefficient (Wildman–Crippen LogP) is 7.61. The fourth-order valence-electron chi connectivity index (χ4n) is 4.79. The van der Waals surface area contributed by atoms with Gasteiger partial charge in [-0.25, -0.2) is 0 Å². The molecule has 3 aromatic carbocycles. The number of hydrogen-bond donors (Lipinski definition) is 0. The highest BCUT2D eigenvalue weighted by Crippen LogP contribution is 2.50. The number of halogens is 2. The van der Waals surface area contributed by atoms with Crippen LogP contribution in [0, 0.1) is 0 Å². The van der Waals surface area contributed by atoms with E-state index in [1.54, 1.807) is 0 Å². The molecule has 0 spiro atoms. The highest BCUT2D eigenvalue weighted by atomic mass is 35.5. The number of thioether (sulfide) groups is 1. The first kappa shape index (κ1) is 22.3.